The number of alkyl halides is 1. The van der Waals surface area contributed by atoms with E-state index in [1.54, 1.807) is 7.11 Å². The topological polar surface area (TPSA) is 9.23 Å². The molecule has 0 bridgehead atoms. The van der Waals surface area contributed by atoms with Gasteiger partial charge in [0, 0.05) is 0 Å². The average Bonchev–Trinajstić information content (AvgIpc) is 2.05. The third kappa shape index (κ3) is 1.87. The Morgan fingerprint density at radius 3 is 2.20 bits per heavy atom. The molecule has 1 rings (SSSR count). The van der Waals surface area contributed by atoms with Crippen molar-refractivity contribution in [3.63, 3.8) is 0 Å². The molecule has 54 valence electrons. The minimum atomic E-state index is 0.236. The monoisotopic (exact) mass is 249 g/mol. The Labute approximate surface area is 71.7 Å². The van der Waals surface area contributed by atoms with Crippen molar-refractivity contribution in [2.75, 3.05) is 12.0 Å². The minimum Gasteiger partial charge on any atom is -0.497 e. The van der Waals surface area contributed by atoms with Crippen molar-refractivity contribution < 1.29 is 25.9 Å². The number of hydrogen-bond acceptors (Lipinski definition) is 1. The first-order chi connectivity index (χ1) is 4.86. The lowest BCUT2D eigenvalue weighted by Gasteiger charge is -1.94. The van der Waals surface area contributed by atoms with Crippen LogP contribution in [0.25, 0.3) is 0 Å². The molecule has 0 N–H and O–H groups in total. The van der Waals surface area contributed by atoms with Gasteiger partial charge in [-0.05, 0) is 24.3 Å². The van der Waals surface area contributed by atoms with Gasteiger partial charge in [0.25, 0.3) is 0 Å². The largest absolute Gasteiger partial charge is 0.497 e. The summed E-state index contributed by atoms with van der Waals surface area (Å²) in [7, 11) is 1.69. The van der Waals surface area contributed by atoms with Crippen LogP contribution in [0.2, 0.25) is 0 Å². The van der Waals surface area contributed by atoms with Crippen LogP contribution in [0, 0.1) is 3.57 Å². The maximum atomic E-state index is 5.03. The smallest absolute Gasteiger partial charge is 0.309 e. The summed E-state index contributed by atoms with van der Waals surface area (Å²) in [6, 6.07) is 8.29. The maximum Gasteiger partial charge on any atom is 0.309 e. The third-order valence-electron chi connectivity index (χ3n) is 1.27. The van der Waals surface area contributed by atoms with E-state index in [4.69, 9.17) is 4.74 Å². The van der Waals surface area contributed by atoms with Crippen LogP contribution < -0.4 is 25.9 Å². The number of benzene rings is 1. The highest BCUT2D eigenvalue weighted by molar-refractivity contribution is 5.20. The van der Waals surface area contributed by atoms with Gasteiger partial charge in [-0.15, -0.1) is 0 Å². The quantitative estimate of drug-likeness (QED) is 0.462. The van der Waals surface area contributed by atoms with Crippen LogP contribution in [0.4, 0.5) is 0 Å². The van der Waals surface area contributed by atoms with E-state index in [1.165, 1.54) is 3.57 Å². The van der Waals surface area contributed by atoms with Crippen LogP contribution in [0.1, 0.15) is 0 Å². The molecule has 0 amide bonds. The van der Waals surface area contributed by atoms with Gasteiger partial charge in [0.15, 0.2) is 3.57 Å². The van der Waals surface area contributed by atoms with E-state index in [2.05, 4.69) is 17.1 Å². The van der Waals surface area contributed by atoms with Crippen LogP contribution in [0.3, 0.4) is 0 Å². The van der Waals surface area contributed by atoms with Crippen LogP contribution in [-0.4, -0.2) is 12.0 Å². The summed E-state index contributed by atoms with van der Waals surface area (Å²) < 4.78 is 6.48. The number of methoxy groups -OCH3 is 1. The fourth-order valence-electron chi connectivity index (χ4n) is 0.697. The van der Waals surface area contributed by atoms with E-state index in [-0.39, 0.29) is 21.2 Å². The molecule has 0 spiro atoms. The normalized spacial score (nSPS) is 9.40. The molecule has 0 heterocycles. The highest BCUT2D eigenvalue weighted by atomic mass is 127. The van der Waals surface area contributed by atoms with Crippen molar-refractivity contribution in [3.8, 4) is 5.75 Å². The Kier molecular flexibility index (Phi) is 2.99. The fourth-order valence-corrected chi connectivity index (χ4v) is 1.78. The van der Waals surface area contributed by atoms with Gasteiger partial charge in [0.2, 0.25) is 0 Å². The van der Waals surface area contributed by atoms with E-state index in [0.29, 0.717) is 0 Å². The summed E-state index contributed by atoms with van der Waals surface area (Å²) in [5.41, 5.74) is 0. The van der Waals surface area contributed by atoms with Gasteiger partial charge in [-0.1, -0.05) is 0 Å². The minimum absolute atomic E-state index is 0.236. The standard InChI is InChI=1S/C8H10IO/c1-9-7-3-5-8(10-2)6-4-7/h3-6H,1-2H3/q+1. The predicted octanol–water partition coefficient (Wildman–Crippen LogP) is -1.42. The molecule has 0 saturated heterocycles. The van der Waals surface area contributed by atoms with E-state index in [0.717, 1.165) is 5.75 Å². The Bertz CT molecular complexity index is 170. The third-order valence-corrected chi connectivity index (χ3v) is 3.23. The summed E-state index contributed by atoms with van der Waals surface area (Å²) in [6.45, 7) is 0. The zero-order valence-corrected chi connectivity index (χ0v) is 8.25. The molecule has 0 atom stereocenters. The zero-order valence-electron chi connectivity index (χ0n) is 6.10. The number of halogens is 1. The number of hydrogen-bond donors (Lipinski definition) is 0. The van der Waals surface area contributed by atoms with Crippen LogP contribution >= 0.6 is 0 Å². The van der Waals surface area contributed by atoms with Crippen LogP contribution in [0.5, 0.6) is 5.75 Å². The first kappa shape index (κ1) is 7.85. The van der Waals surface area contributed by atoms with Crippen molar-refractivity contribution >= 4 is 0 Å². The molecule has 0 aliphatic rings. The van der Waals surface area contributed by atoms with Gasteiger partial charge in [-0.3, -0.25) is 0 Å². The lowest BCUT2D eigenvalue weighted by atomic mass is 10.3. The molecular formula is C8H10IO+. The Hall–Kier alpha value is -0.250. The van der Waals surface area contributed by atoms with E-state index >= 15 is 0 Å². The summed E-state index contributed by atoms with van der Waals surface area (Å²) in [5.74, 6) is 0.946. The van der Waals surface area contributed by atoms with Gasteiger partial charge >= 0.3 is 21.2 Å². The number of rotatable bonds is 2. The van der Waals surface area contributed by atoms with Gasteiger partial charge in [0.05, 0.1) is 7.11 Å². The molecule has 0 radical (unpaired) electrons. The molecule has 0 aliphatic heterocycles. The second kappa shape index (κ2) is 3.81. The first-order valence-corrected chi connectivity index (χ1v) is 6.24. The van der Waals surface area contributed by atoms with Crippen molar-refractivity contribution in [1.82, 2.24) is 0 Å². The second-order valence-corrected chi connectivity index (χ2v) is 4.17. The first-order valence-electron chi connectivity index (χ1n) is 3.00. The molecule has 0 fully saturated rings. The van der Waals surface area contributed by atoms with E-state index in [1.807, 2.05) is 12.1 Å². The van der Waals surface area contributed by atoms with Gasteiger partial charge in [-0.25, -0.2) is 0 Å². The van der Waals surface area contributed by atoms with Crippen LogP contribution in [0.15, 0.2) is 24.3 Å². The highest BCUT2D eigenvalue weighted by Gasteiger charge is 2.01. The highest BCUT2D eigenvalue weighted by Crippen LogP contribution is 2.05. The molecule has 0 aliphatic carbocycles. The van der Waals surface area contributed by atoms with Gasteiger partial charge < -0.3 is 4.74 Å². The molecular weight excluding hydrogens is 239 g/mol. The van der Waals surface area contributed by atoms with Crippen molar-refractivity contribution in [3.05, 3.63) is 27.8 Å². The Morgan fingerprint density at radius 1 is 1.20 bits per heavy atom. The molecule has 0 unspecified atom stereocenters. The van der Waals surface area contributed by atoms with Gasteiger partial charge in [-0.2, -0.15) is 0 Å². The van der Waals surface area contributed by atoms with E-state index in [9.17, 15) is 0 Å². The van der Waals surface area contributed by atoms with Gasteiger partial charge in [0.1, 0.15) is 10.7 Å². The zero-order chi connectivity index (χ0) is 7.40. The molecule has 10 heavy (non-hydrogen) atoms. The summed E-state index contributed by atoms with van der Waals surface area (Å²) in [4.78, 5) is 2.25. The second-order valence-electron chi connectivity index (χ2n) is 1.85. The molecule has 2 heteroatoms. The maximum absolute atomic E-state index is 5.03. The van der Waals surface area contributed by atoms with Crippen molar-refractivity contribution in [2.24, 2.45) is 0 Å². The van der Waals surface area contributed by atoms with Crippen molar-refractivity contribution in [1.29, 1.82) is 0 Å². The van der Waals surface area contributed by atoms with E-state index < -0.39 is 0 Å². The van der Waals surface area contributed by atoms with Crippen LogP contribution in [-0.2, 0) is 0 Å². The Balaban J connectivity index is 2.80. The molecule has 0 saturated carbocycles. The lowest BCUT2D eigenvalue weighted by Crippen LogP contribution is -3.60. The summed E-state index contributed by atoms with van der Waals surface area (Å²) in [6.07, 6.45) is 0. The summed E-state index contributed by atoms with van der Waals surface area (Å²) in [5, 5.41) is 0. The summed E-state index contributed by atoms with van der Waals surface area (Å²) >= 11 is 0.236. The molecule has 1 nitrogen and oxygen atoms in total. The molecule has 1 aromatic rings. The fraction of sp³-hybridized carbons (Fsp3) is 0.250. The molecule has 1 aromatic carbocycles. The predicted molar refractivity (Wildman–Crippen MR) is 37.6 cm³/mol. The average molecular weight is 249 g/mol. The SMILES string of the molecule is COc1ccc([I+]C)cc1. The number of ether oxygens (including phenoxy) is 1. The lowest BCUT2D eigenvalue weighted by molar-refractivity contribution is -0.597. The molecule has 0 aromatic heterocycles. The Morgan fingerprint density at radius 2 is 1.80 bits per heavy atom. The van der Waals surface area contributed by atoms with Crippen molar-refractivity contribution in [2.45, 2.75) is 0 Å².